The second-order valence-corrected chi connectivity index (χ2v) is 14.9. The van der Waals surface area contributed by atoms with Gasteiger partial charge in [0.2, 0.25) is 5.16 Å². The first-order valence-electron chi connectivity index (χ1n) is 16.6. The Morgan fingerprint density at radius 3 is 2.28 bits per heavy atom. The van der Waals surface area contributed by atoms with Crippen LogP contribution in [0.3, 0.4) is 0 Å². The minimum atomic E-state index is -1.32. The quantitative estimate of drug-likeness (QED) is 0.226. The third-order valence-electron chi connectivity index (χ3n) is 10.8. The summed E-state index contributed by atoms with van der Waals surface area (Å²) in [6, 6.07) is -0.0686. The fourth-order valence-electron chi connectivity index (χ4n) is 8.15. The number of ether oxygens (including phenoxy) is 1. The van der Waals surface area contributed by atoms with Crippen molar-refractivity contribution in [3.63, 3.8) is 0 Å². The van der Waals surface area contributed by atoms with Crippen LogP contribution in [0, 0.1) is 30.9 Å². The number of quaternary nitrogens is 1. The second kappa shape index (κ2) is 13.5. The van der Waals surface area contributed by atoms with Crippen LogP contribution >= 0.6 is 0 Å². The summed E-state index contributed by atoms with van der Waals surface area (Å²) < 4.78 is 17.9. The minimum absolute atomic E-state index is 0.0686. The van der Waals surface area contributed by atoms with Gasteiger partial charge in [0.15, 0.2) is 0 Å². The summed E-state index contributed by atoms with van der Waals surface area (Å²) in [6.07, 6.45) is 13.4. The normalized spacial score (nSPS) is 30.0. The van der Waals surface area contributed by atoms with Crippen LogP contribution in [-0.2, 0) is 15.5 Å². The molecule has 1 aliphatic carbocycles. The number of likely N-dealkylation sites (tertiary alicyclic amines) is 2. The Hall–Kier alpha value is -2.11. The van der Waals surface area contributed by atoms with Gasteiger partial charge in [-0.1, -0.05) is 39.0 Å². The lowest BCUT2D eigenvalue weighted by Gasteiger charge is -2.58. The maximum Gasteiger partial charge on any atom is 0.410 e. The van der Waals surface area contributed by atoms with Crippen LogP contribution in [0.4, 0.5) is 4.79 Å². The molecule has 2 amide bonds. The predicted molar refractivity (Wildman–Crippen MR) is 166 cm³/mol. The molecule has 0 radical (unpaired) electrons. The molecule has 0 N–H and O–H groups in total. The molecule has 3 aliphatic heterocycles. The van der Waals surface area contributed by atoms with Gasteiger partial charge in [-0.25, -0.2) is 14.8 Å². The number of rotatable bonds is 8. The Labute approximate surface area is 259 Å². The first-order valence-corrected chi connectivity index (χ1v) is 18.1. The van der Waals surface area contributed by atoms with E-state index in [4.69, 9.17) is 4.74 Å². The van der Waals surface area contributed by atoms with Gasteiger partial charge in [-0.15, -0.1) is 0 Å². The summed E-state index contributed by atoms with van der Waals surface area (Å²) >= 11 is 0. The maximum absolute atomic E-state index is 14.2. The second-order valence-electron chi connectivity index (χ2n) is 13.6. The van der Waals surface area contributed by atoms with Crippen molar-refractivity contribution in [3.05, 3.63) is 22.2 Å². The predicted octanol–water partition coefficient (Wildman–Crippen LogP) is 5.12. The molecule has 240 valence electrons. The fourth-order valence-corrected chi connectivity index (χ4v) is 8.69. The monoisotopic (exact) mass is 617 g/mol. The lowest BCUT2D eigenvalue weighted by Crippen LogP contribution is -2.66. The molecule has 2 unspecified atom stereocenters. The Kier molecular flexibility index (Phi) is 10.1. The summed E-state index contributed by atoms with van der Waals surface area (Å²) in [5.41, 5.74) is 1.01. The van der Waals surface area contributed by atoms with Crippen molar-refractivity contribution in [2.75, 3.05) is 45.5 Å². The lowest BCUT2D eigenvalue weighted by molar-refractivity contribution is -0.913. The summed E-state index contributed by atoms with van der Waals surface area (Å²) in [7, 11) is -1.32. The first-order chi connectivity index (χ1) is 20.5. The van der Waals surface area contributed by atoms with E-state index in [0.717, 1.165) is 32.4 Å². The van der Waals surface area contributed by atoms with Gasteiger partial charge >= 0.3 is 6.09 Å². The van der Waals surface area contributed by atoms with Gasteiger partial charge < -0.3 is 24.4 Å². The van der Waals surface area contributed by atoms with Crippen molar-refractivity contribution in [2.45, 2.75) is 115 Å². The average molecular weight is 618 g/mol. The highest BCUT2D eigenvalue weighted by Gasteiger charge is 2.53. The molecule has 3 saturated heterocycles. The molecule has 0 bridgehead atoms. The van der Waals surface area contributed by atoms with Gasteiger partial charge in [0, 0.05) is 64.0 Å². The number of amides is 2. The van der Waals surface area contributed by atoms with E-state index in [9.17, 15) is 19.0 Å². The van der Waals surface area contributed by atoms with Crippen LogP contribution in [0.5, 0.6) is 0 Å². The average Bonchev–Trinajstić information content (AvgIpc) is 2.99. The molecule has 1 spiro atoms. The molecule has 0 aromatic carbocycles. The minimum Gasteiger partial charge on any atom is -0.633 e. The number of unbranched alkanes of at least 4 members (excludes halogenated alkanes) is 1. The zero-order valence-corrected chi connectivity index (χ0v) is 27.5. The van der Waals surface area contributed by atoms with Crippen molar-refractivity contribution < 1.29 is 23.2 Å². The first kappa shape index (κ1) is 32.3. The summed E-state index contributed by atoms with van der Waals surface area (Å²) in [6.45, 7) is 9.23. The fraction of sp³-hybridized carbons (Fsp3) is 0.812. The molecule has 43 heavy (non-hydrogen) atoms. The SMILES string of the molecule is CCCCC1CN(CC2CCCCC2)C(=O)OC12CC[N+]([O-])(C1CCN(C(=O)c3c(C)nc(S(C)=O)nc3C)CC1)CC2. The summed E-state index contributed by atoms with van der Waals surface area (Å²) in [5, 5.41) is 14.5. The lowest BCUT2D eigenvalue weighted by atomic mass is 9.74. The number of hydrogen-bond acceptors (Lipinski definition) is 7. The third-order valence-corrected chi connectivity index (χ3v) is 11.5. The maximum atomic E-state index is 14.2. The number of piperidine rings is 2. The Balaban J connectivity index is 1.20. The standard InChI is InChI=1S/C32H51N5O5S/c1-5-6-12-26-22-36(21-25-10-8-7-9-11-25)31(39)42-32(26)15-19-37(40,20-16-32)27-13-17-35(18-14-27)29(38)28-23(2)33-30(43(4)41)34-24(28)3/h25-27H,5-22H2,1-4H3. The molecule has 4 fully saturated rings. The van der Waals surface area contributed by atoms with E-state index < -0.39 is 16.4 Å². The van der Waals surface area contributed by atoms with E-state index in [1.54, 1.807) is 18.7 Å². The van der Waals surface area contributed by atoms with Gasteiger partial charge in [0.25, 0.3) is 5.91 Å². The molecule has 2 atom stereocenters. The van der Waals surface area contributed by atoms with Crippen LogP contribution in [0.15, 0.2) is 5.16 Å². The molecule has 1 aromatic rings. The molecule has 4 aliphatic rings. The summed E-state index contributed by atoms with van der Waals surface area (Å²) in [4.78, 5) is 39.1. The number of hydroxylamine groups is 3. The Bertz CT molecular complexity index is 1170. The van der Waals surface area contributed by atoms with Gasteiger partial charge in [-0.2, -0.15) is 0 Å². The highest BCUT2D eigenvalue weighted by molar-refractivity contribution is 7.84. The van der Waals surface area contributed by atoms with E-state index in [0.29, 0.717) is 74.7 Å². The summed E-state index contributed by atoms with van der Waals surface area (Å²) in [5.74, 6) is 0.730. The number of aryl methyl sites for hydroxylation is 2. The van der Waals surface area contributed by atoms with E-state index >= 15 is 0 Å². The number of aromatic nitrogens is 2. The van der Waals surface area contributed by atoms with Gasteiger partial charge in [0.05, 0.1) is 46.9 Å². The van der Waals surface area contributed by atoms with Crippen LogP contribution in [-0.4, -0.2) is 97.8 Å². The smallest absolute Gasteiger partial charge is 0.410 e. The highest BCUT2D eigenvalue weighted by atomic mass is 32.2. The largest absolute Gasteiger partial charge is 0.633 e. The van der Waals surface area contributed by atoms with E-state index in [1.807, 2.05) is 4.90 Å². The number of hydrogen-bond donors (Lipinski definition) is 0. The van der Waals surface area contributed by atoms with Gasteiger partial charge in [-0.05, 0) is 39.0 Å². The Morgan fingerprint density at radius 1 is 1.07 bits per heavy atom. The Morgan fingerprint density at radius 2 is 1.70 bits per heavy atom. The van der Waals surface area contributed by atoms with Crippen LogP contribution in [0.25, 0.3) is 0 Å². The molecular weight excluding hydrogens is 566 g/mol. The number of carbonyl (C=O) groups excluding carboxylic acids is 2. The van der Waals surface area contributed by atoms with Crippen molar-refractivity contribution in [1.82, 2.24) is 19.8 Å². The van der Waals surface area contributed by atoms with E-state index in [2.05, 4.69) is 16.9 Å². The van der Waals surface area contributed by atoms with Crippen molar-refractivity contribution in [2.24, 2.45) is 11.8 Å². The molecule has 11 heteroatoms. The van der Waals surface area contributed by atoms with Crippen LogP contribution in [0.1, 0.15) is 106 Å². The topological polar surface area (TPSA) is 116 Å². The van der Waals surface area contributed by atoms with Crippen molar-refractivity contribution in [1.29, 1.82) is 0 Å². The van der Waals surface area contributed by atoms with Crippen LogP contribution in [0.2, 0.25) is 0 Å². The van der Waals surface area contributed by atoms with E-state index in [1.165, 1.54) is 38.4 Å². The molecular formula is C32H51N5O5S. The van der Waals surface area contributed by atoms with E-state index in [-0.39, 0.29) is 33.8 Å². The molecule has 5 rings (SSSR count). The third kappa shape index (κ3) is 6.93. The van der Waals surface area contributed by atoms with Gasteiger partial charge in [0.1, 0.15) is 5.60 Å². The number of carbonyl (C=O) groups is 2. The number of nitrogens with zero attached hydrogens (tertiary/aromatic N) is 5. The molecule has 4 heterocycles. The van der Waals surface area contributed by atoms with Crippen molar-refractivity contribution >= 4 is 22.8 Å². The molecule has 1 saturated carbocycles. The van der Waals surface area contributed by atoms with Crippen LogP contribution < -0.4 is 0 Å². The molecule has 1 aromatic heterocycles. The molecule has 10 nitrogen and oxygen atoms in total. The van der Waals surface area contributed by atoms with Crippen molar-refractivity contribution in [3.8, 4) is 0 Å². The zero-order valence-electron chi connectivity index (χ0n) is 26.6. The zero-order chi connectivity index (χ0) is 30.8. The van der Waals surface area contributed by atoms with Gasteiger partial charge in [-0.3, -0.25) is 9.00 Å². The highest BCUT2D eigenvalue weighted by Crippen LogP contribution is 2.44.